The Morgan fingerprint density at radius 3 is 2.69 bits per heavy atom. The largest absolute Gasteiger partial charge is 0.476 e. The first kappa shape index (κ1) is 9.91. The van der Waals surface area contributed by atoms with Crippen LogP contribution in [0.5, 0.6) is 0 Å². The number of aromatic nitrogens is 1. The summed E-state index contributed by atoms with van der Waals surface area (Å²) in [5.74, 6) is -2.16. The molecule has 13 heavy (non-hydrogen) atoms. The van der Waals surface area contributed by atoms with Gasteiger partial charge in [0.05, 0.1) is 0 Å². The van der Waals surface area contributed by atoms with Gasteiger partial charge in [0.25, 0.3) is 0 Å². The van der Waals surface area contributed by atoms with Crippen molar-refractivity contribution in [2.45, 2.75) is 10.3 Å². The monoisotopic (exact) mass is 205 g/mol. The lowest BCUT2D eigenvalue weighted by Crippen LogP contribution is -2.23. The number of hydrogen-bond acceptors (Lipinski definition) is 3. The van der Waals surface area contributed by atoms with E-state index in [9.17, 15) is 13.6 Å². The van der Waals surface area contributed by atoms with Crippen LogP contribution in [0.2, 0.25) is 0 Å². The second-order valence-electron chi connectivity index (χ2n) is 2.09. The number of pyridine rings is 1. The Labute approximate surface area is 76.8 Å². The van der Waals surface area contributed by atoms with Crippen molar-refractivity contribution in [3.63, 3.8) is 0 Å². The van der Waals surface area contributed by atoms with E-state index in [2.05, 4.69) is 4.98 Å². The van der Waals surface area contributed by atoms with Gasteiger partial charge in [-0.15, -0.1) is 0 Å². The van der Waals surface area contributed by atoms with Crippen molar-refractivity contribution >= 4 is 17.7 Å². The predicted octanol–water partition coefficient (Wildman–Crippen LogP) is 1.85. The third-order valence-corrected chi connectivity index (χ3v) is 2.00. The molecule has 0 aliphatic carbocycles. The fourth-order valence-electron chi connectivity index (χ4n) is 0.582. The standard InChI is InChI=1S/C7H5F2NO2S/c8-7(9,6(11)12)13-5-3-1-2-4-10-5/h1-4H,(H,11,12). The van der Waals surface area contributed by atoms with Crippen LogP contribution in [0.15, 0.2) is 29.4 Å². The molecule has 70 valence electrons. The van der Waals surface area contributed by atoms with Crippen LogP contribution < -0.4 is 0 Å². The average molecular weight is 205 g/mol. The smallest absolute Gasteiger partial charge is 0.394 e. The van der Waals surface area contributed by atoms with Gasteiger partial charge in [-0.2, -0.15) is 8.78 Å². The summed E-state index contributed by atoms with van der Waals surface area (Å²) in [4.78, 5) is 13.6. The van der Waals surface area contributed by atoms with E-state index in [4.69, 9.17) is 5.11 Å². The SMILES string of the molecule is O=C(O)C(F)(F)Sc1ccccn1. The zero-order valence-electron chi connectivity index (χ0n) is 6.28. The van der Waals surface area contributed by atoms with Crippen LogP contribution in [0, 0.1) is 0 Å². The fourth-order valence-corrected chi connectivity index (χ4v) is 1.19. The molecule has 1 rings (SSSR count). The summed E-state index contributed by atoms with van der Waals surface area (Å²) in [6.45, 7) is 0. The number of aliphatic carboxylic acids is 1. The zero-order valence-corrected chi connectivity index (χ0v) is 7.09. The fraction of sp³-hybridized carbons (Fsp3) is 0.143. The summed E-state index contributed by atoms with van der Waals surface area (Å²) >= 11 is -0.0900. The van der Waals surface area contributed by atoms with Crippen molar-refractivity contribution in [3.05, 3.63) is 24.4 Å². The number of alkyl halides is 2. The molecule has 0 spiro atoms. The van der Waals surface area contributed by atoms with Gasteiger partial charge in [-0.1, -0.05) is 6.07 Å². The lowest BCUT2D eigenvalue weighted by molar-refractivity contribution is -0.152. The van der Waals surface area contributed by atoms with E-state index in [0.29, 0.717) is 0 Å². The molecule has 1 heterocycles. The molecule has 1 aromatic rings. The Morgan fingerprint density at radius 2 is 2.23 bits per heavy atom. The molecular weight excluding hydrogens is 200 g/mol. The number of carbonyl (C=O) groups is 1. The molecule has 0 fully saturated rings. The molecule has 1 aromatic heterocycles. The Balaban J connectivity index is 2.75. The molecular formula is C7H5F2NO2S. The minimum atomic E-state index is -3.83. The predicted molar refractivity (Wildman–Crippen MR) is 42.7 cm³/mol. The number of carboxylic acids is 1. The van der Waals surface area contributed by atoms with Crippen molar-refractivity contribution in [2.24, 2.45) is 0 Å². The lowest BCUT2D eigenvalue weighted by atomic mass is 10.5. The second kappa shape index (κ2) is 3.69. The van der Waals surface area contributed by atoms with Gasteiger partial charge in [-0.25, -0.2) is 9.78 Å². The first-order valence-corrected chi connectivity index (χ1v) is 4.05. The normalized spacial score (nSPS) is 11.2. The van der Waals surface area contributed by atoms with Gasteiger partial charge >= 0.3 is 11.2 Å². The molecule has 0 amide bonds. The van der Waals surface area contributed by atoms with Gasteiger partial charge in [-0.05, 0) is 23.9 Å². The summed E-state index contributed by atoms with van der Waals surface area (Å²) in [5, 5.41) is 4.26. The Morgan fingerprint density at radius 1 is 1.54 bits per heavy atom. The highest BCUT2D eigenvalue weighted by Gasteiger charge is 2.40. The van der Waals surface area contributed by atoms with Crippen LogP contribution in [0.25, 0.3) is 0 Å². The number of rotatable bonds is 3. The molecule has 0 saturated carbocycles. The van der Waals surface area contributed by atoms with E-state index in [1.165, 1.54) is 18.3 Å². The van der Waals surface area contributed by atoms with E-state index in [0.717, 1.165) is 0 Å². The van der Waals surface area contributed by atoms with Crippen molar-refractivity contribution in [1.82, 2.24) is 4.98 Å². The summed E-state index contributed by atoms with van der Waals surface area (Å²) in [6, 6.07) is 4.39. The molecule has 0 aliphatic rings. The first-order chi connectivity index (χ1) is 6.02. The number of carboxylic acid groups (broad SMARTS) is 1. The topological polar surface area (TPSA) is 50.2 Å². The Bertz CT molecular complexity index is 305. The molecule has 1 N–H and O–H groups in total. The number of halogens is 2. The Hall–Kier alpha value is -1.17. The van der Waals surface area contributed by atoms with Crippen LogP contribution in [-0.4, -0.2) is 21.3 Å². The molecule has 0 unspecified atom stereocenters. The van der Waals surface area contributed by atoms with Crippen LogP contribution in [0.1, 0.15) is 0 Å². The number of thioether (sulfide) groups is 1. The molecule has 0 aliphatic heterocycles. The third-order valence-electron chi connectivity index (χ3n) is 1.12. The van der Waals surface area contributed by atoms with Gasteiger partial charge in [0.2, 0.25) is 0 Å². The van der Waals surface area contributed by atoms with Gasteiger partial charge in [-0.3, -0.25) is 0 Å². The maximum Gasteiger partial charge on any atom is 0.394 e. The maximum atomic E-state index is 12.6. The molecule has 6 heteroatoms. The van der Waals surface area contributed by atoms with E-state index in [1.54, 1.807) is 6.07 Å². The van der Waals surface area contributed by atoms with E-state index in [-0.39, 0.29) is 16.8 Å². The van der Waals surface area contributed by atoms with E-state index >= 15 is 0 Å². The van der Waals surface area contributed by atoms with Gasteiger partial charge in [0.15, 0.2) is 0 Å². The minimum absolute atomic E-state index is 0.0186. The van der Waals surface area contributed by atoms with E-state index < -0.39 is 11.2 Å². The summed E-state index contributed by atoms with van der Waals surface area (Å²) in [6.07, 6.45) is 1.32. The number of nitrogens with zero attached hydrogens (tertiary/aromatic N) is 1. The van der Waals surface area contributed by atoms with Gasteiger partial charge in [0, 0.05) is 6.20 Å². The van der Waals surface area contributed by atoms with E-state index in [1.807, 2.05) is 0 Å². The molecule has 0 radical (unpaired) electrons. The molecule has 0 bridgehead atoms. The van der Waals surface area contributed by atoms with Gasteiger partial charge in [0.1, 0.15) is 5.03 Å². The van der Waals surface area contributed by atoms with Crippen LogP contribution in [0.4, 0.5) is 8.78 Å². The van der Waals surface area contributed by atoms with Crippen molar-refractivity contribution < 1.29 is 18.7 Å². The highest BCUT2D eigenvalue weighted by molar-refractivity contribution is 8.01. The molecule has 0 atom stereocenters. The highest BCUT2D eigenvalue weighted by Crippen LogP contribution is 2.34. The minimum Gasteiger partial charge on any atom is -0.476 e. The summed E-state index contributed by atoms with van der Waals surface area (Å²) < 4.78 is 25.1. The molecule has 0 saturated heterocycles. The third kappa shape index (κ3) is 2.66. The summed E-state index contributed by atoms with van der Waals surface area (Å²) in [5.41, 5.74) is 0. The van der Waals surface area contributed by atoms with Crippen molar-refractivity contribution in [1.29, 1.82) is 0 Å². The zero-order chi connectivity index (χ0) is 9.90. The quantitative estimate of drug-likeness (QED) is 0.765. The molecule has 0 aromatic carbocycles. The highest BCUT2D eigenvalue weighted by atomic mass is 32.2. The lowest BCUT2D eigenvalue weighted by Gasteiger charge is -2.08. The van der Waals surface area contributed by atoms with Gasteiger partial charge < -0.3 is 5.11 Å². The van der Waals surface area contributed by atoms with Crippen LogP contribution in [0.3, 0.4) is 0 Å². The van der Waals surface area contributed by atoms with Crippen molar-refractivity contribution in [3.8, 4) is 0 Å². The van der Waals surface area contributed by atoms with Crippen LogP contribution >= 0.6 is 11.8 Å². The molecule has 3 nitrogen and oxygen atoms in total. The second-order valence-corrected chi connectivity index (χ2v) is 3.23. The van der Waals surface area contributed by atoms with Crippen LogP contribution in [-0.2, 0) is 4.79 Å². The Kier molecular flexibility index (Phi) is 2.82. The van der Waals surface area contributed by atoms with Crippen molar-refractivity contribution in [2.75, 3.05) is 0 Å². The number of hydrogen-bond donors (Lipinski definition) is 1. The maximum absolute atomic E-state index is 12.6. The average Bonchev–Trinajstić information content (AvgIpc) is 2.05. The first-order valence-electron chi connectivity index (χ1n) is 3.23. The summed E-state index contributed by atoms with van der Waals surface area (Å²) in [7, 11) is 0.